The number of nitrogens with zero attached hydrogens (tertiary/aromatic N) is 2. The van der Waals surface area contributed by atoms with Crippen LogP contribution < -0.4 is 5.73 Å². The van der Waals surface area contributed by atoms with Crippen molar-refractivity contribution in [3.05, 3.63) is 47.4 Å². The lowest BCUT2D eigenvalue weighted by Gasteiger charge is -2.33. The molecule has 0 radical (unpaired) electrons. The molecule has 2 bridgehead atoms. The SMILES string of the molecule is CC1(C)[C@H]2CC[C@]1(N)c1nnc(-c3ccccc3F)cc12. The molecule has 2 aliphatic carbocycles. The molecule has 0 saturated heterocycles. The van der Waals surface area contributed by atoms with Gasteiger partial charge in [0.25, 0.3) is 0 Å². The highest BCUT2D eigenvalue weighted by molar-refractivity contribution is 5.62. The van der Waals surface area contributed by atoms with Crippen molar-refractivity contribution in [3.8, 4) is 11.3 Å². The Morgan fingerprint density at radius 1 is 1.24 bits per heavy atom. The lowest BCUT2D eigenvalue weighted by Crippen LogP contribution is -2.44. The van der Waals surface area contributed by atoms with Gasteiger partial charge in [-0.05, 0) is 47.9 Å². The topological polar surface area (TPSA) is 51.8 Å². The second-order valence-electron chi connectivity index (χ2n) is 6.80. The van der Waals surface area contributed by atoms with Crippen LogP contribution in [0.5, 0.6) is 0 Å². The summed E-state index contributed by atoms with van der Waals surface area (Å²) in [5.74, 6) is 0.121. The van der Waals surface area contributed by atoms with Crippen LogP contribution in [0.2, 0.25) is 0 Å². The fourth-order valence-electron chi connectivity index (χ4n) is 4.15. The van der Waals surface area contributed by atoms with Gasteiger partial charge in [0.05, 0.1) is 16.9 Å². The van der Waals surface area contributed by atoms with E-state index in [2.05, 4.69) is 24.0 Å². The van der Waals surface area contributed by atoms with Crippen LogP contribution in [0.3, 0.4) is 0 Å². The molecule has 0 spiro atoms. The van der Waals surface area contributed by atoms with Gasteiger partial charge in [0.2, 0.25) is 0 Å². The molecule has 4 heteroatoms. The normalized spacial score (nSPS) is 28.7. The maximum absolute atomic E-state index is 13.9. The molecule has 1 fully saturated rings. The second kappa shape index (κ2) is 3.89. The number of hydrogen-bond donors (Lipinski definition) is 1. The van der Waals surface area contributed by atoms with Crippen molar-refractivity contribution in [3.63, 3.8) is 0 Å². The van der Waals surface area contributed by atoms with Crippen LogP contribution >= 0.6 is 0 Å². The van der Waals surface area contributed by atoms with E-state index in [4.69, 9.17) is 5.73 Å². The van der Waals surface area contributed by atoms with Crippen LogP contribution in [-0.2, 0) is 5.54 Å². The van der Waals surface area contributed by atoms with E-state index >= 15 is 0 Å². The standard InChI is InChI=1S/C17H18FN3/c1-16(2)12-7-8-17(16,19)15-11(12)9-14(20-21-15)10-5-3-4-6-13(10)18/h3-6,9,12H,7-8,19H2,1-2H3/t12-,17-/m0/s1. The molecular formula is C17H18FN3. The minimum Gasteiger partial charge on any atom is -0.320 e. The molecular weight excluding hydrogens is 265 g/mol. The summed E-state index contributed by atoms with van der Waals surface area (Å²) < 4.78 is 13.9. The predicted octanol–water partition coefficient (Wildman–Crippen LogP) is 3.35. The second-order valence-corrected chi connectivity index (χ2v) is 6.80. The van der Waals surface area contributed by atoms with E-state index in [1.54, 1.807) is 12.1 Å². The minimum atomic E-state index is -0.395. The number of nitrogens with two attached hydrogens (primary N) is 1. The van der Waals surface area contributed by atoms with Gasteiger partial charge < -0.3 is 5.73 Å². The van der Waals surface area contributed by atoms with Crippen molar-refractivity contribution < 1.29 is 4.39 Å². The van der Waals surface area contributed by atoms with Crippen molar-refractivity contribution in [2.24, 2.45) is 11.1 Å². The van der Waals surface area contributed by atoms with Gasteiger partial charge in [-0.15, -0.1) is 0 Å². The van der Waals surface area contributed by atoms with Crippen LogP contribution in [-0.4, -0.2) is 10.2 Å². The number of halogens is 1. The van der Waals surface area contributed by atoms with Crippen LogP contribution in [0.25, 0.3) is 11.3 Å². The van der Waals surface area contributed by atoms with Crippen LogP contribution in [0.1, 0.15) is 43.9 Å². The molecule has 1 aromatic carbocycles. The van der Waals surface area contributed by atoms with E-state index in [0.29, 0.717) is 17.2 Å². The number of aromatic nitrogens is 2. The molecule has 2 aromatic rings. The van der Waals surface area contributed by atoms with Gasteiger partial charge in [-0.1, -0.05) is 26.0 Å². The van der Waals surface area contributed by atoms with E-state index in [0.717, 1.165) is 24.1 Å². The molecule has 0 aliphatic heterocycles. The Bertz CT molecular complexity index is 741. The zero-order valence-corrected chi connectivity index (χ0v) is 12.2. The first kappa shape index (κ1) is 12.9. The van der Waals surface area contributed by atoms with Crippen molar-refractivity contribution in [2.75, 3.05) is 0 Å². The number of rotatable bonds is 1. The fourth-order valence-corrected chi connectivity index (χ4v) is 4.15. The molecule has 108 valence electrons. The molecule has 1 saturated carbocycles. The summed E-state index contributed by atoms with van der Waals surface area (Å²) in [5, 5.41) is 8.63. The van der Waals surface area contributed by atoms with Gasteiger partial charge in [-0.2, -0.15) is 10.2 Å². The van der Waals surface area contributed by atoms with Crippen molar-refractivity contribution >= 4 is 0 Å². The third kappa shape index (κ3) is 1.46. The highest BCUT2D eigenvalue weighted by atomic mass is 19.1. The molecule has 0 unspecified atom stereocenters. The minimum absolute atomic E-state index is 0.0160. The summed E-state index contributed by atoms with van der Waals surface area (Å²) >= 11 is 0. The van der Waals surface area contributed by atoms with Gasteiger partial charge in [-0.3, -0.25) is 0 Å². The van der Waals surface area contributed by atoms with Crippen LogP contribution in [0, 0.1) is 11.2 Å². The van der Waals surface area contributed by atoms with Crippen LogP contribution in [0.15, 0.2) is 30.3 Å². The Labute approximate surface area is 123 Å². The number of hydrogen-bond acceptors (Lipinski definition) is 3. The van der Waals surface area contributed by atoms with Crippen molar-refractivity contribution in [2.45, 2.75) is 38.1 Å². The monoisotopic (exact) mass is 283 g/mol. The summed E-state index contributed by atoms with van der Waals surface area (Å²) in [5.41, 5.74) is 9.38. The summed E-state index contributed by atoms with van der Waals surface area (Å²) in [6.07, 6.45) is 2.02. The summed E-state index contributed by atoms with van der Waals surface area (Å²) in [6, 6.07) is 8.67. The van der Waals surface area contributed by atoms with Gasteiger partial charge >= 0.3 is 0 Å². The maximum Gasteiger partial charge on any atom is 0.132 e. The zero-order chi connectivity index (χ0) is 14.8. The van der Waals surface area contributed by atoms with E-state index in [1.807, 2.05) is 12.1 Å². The van der Waals surface area contributed by atoms with Gasteiger partial charge in [0.1, 0.15) is 5.82 Å². The lowest BCUT2D eigenvalue weighted by molar-refractivity contribution is 0.212. The number of fused-ring (bicyclic) bond motifs is 5. The molecule has 1 heterocycles. The van der Waals surface area contributed by atoms with Gasteiger partial charge in [0, 0.05) is 5.56 Å². The highest BCUT2D eigenvalue weighted by Gasteiger charge is 2.61. The third-order valence-electron chi connectivity index (χ3n) is 5.62. The molecule has 2 aliphatic rings. The first-order valence-corrected chi connectivity index (χ1v) is 7.37. The predicted molar refractivity (Wildman–Crippen MR) is 79.0 cm³/mol. The molecule has 3 nitrogen and oxygen atoms in total. The first-order chi connectivity index (χ1) is 9.95. The van der Waals surface area contributed by atoms with Crippen LogP contribution in [0.4, 0.5) is 4.39 Å². The smallest absolute Gasteiger partial charge is 0.132 e. The van der Waals surface area contributed by atoms with Crippen molar-refractivity contribution in [1.82, 2.24) is 10.2 Å². The molecule has 21 heavy (non-hydrogen) atoms. The van der Waals surface area contributed by atoms with Gasteiger partial charge in [0.15, 0.2) is 0 Å². The van der Waals surface area contributed by atoms with E-state index in [9.17, 15) is 4.39 Å². The zero-order valence-electron chi connectivity index (χ0n) is 12.2. The number of benzene rings is 1. The Balaban J connectivity index is 1.89. The maximum atomic E-state index is 13.9. The highest BCUT2D eigenvalue weighted by Crippen LogP contribution is 2.64. The average Bonchev–Trinajstić information content (AvgIpc) is 2.79. The largest absolute Gasteiger partial charge is 0.320 e. The lowest BCUT2D eigenvalue weighted by atomic mass is 9.76. The molecule has 2 atom stereocenters. The van der Waals surface area contributed by atoms with E-state index < -0.39 is 5.54 Å². The Kier molecular flexibility index (Phi) is 2.39. The summed E-state index contributed by atoms with van der Waals surface area (Å²) in [4.78, 5) is 0. The Hall–Kier alpha value is -1.81. The quantitative estimate of drug-likeness (QED) is 0.873. The molecule has 2 N–H and O–H groups in total. The van der Waals surface area contributed by atoms with E-state index in [1.165, 1.54) is 6.07 Å². The third-order valence-corrected chi connectivity index (χ3v) is 5.62. The summed E-state index contributed by atoms with van der Waals surface area (Å²) in [6.45, 7) is 4.41. The summed E-state index contributed by atoms with van der Waals surface area (Å²) in [7, 11) is 0. The molecule has 1 aromatic heterocycles. The van der Waals surface area contributed by atoms with E-state index in [-0.39, 0.29) is 11.2 Å². The average molecular weight is 283 g/mol. The Morgan fingerprint density at radius 3 is 2.76 bits per heavy atom. The molecule has 4 rings (SSSR count). The fraction of sp³-hybridized carbons (Fsp3) is 0.412. The molecule has 0 amide bonds. The Morgan fingerprint density at radius 2 is 2.00 bits per heavy atom. The van der Waals surface area contributed by atoms with Crippen molar-refractivity contribution in [1.29, 1.82) is 0 Å². The van der Waals surface area contributed by atoms with Gasteiger partial charge in [-0.25, -0.2) is 4.39 Å². The first-order valence-electron chi connectivity index (χ1n) is 7.37.